The van der Waals surface area contributed by atoms with E-state index in [0.717, 1.165) is 5.56 Å². The van der Waals surface area contributed by atoms with E-state index in [4.69, 9.17) is 18.9 Å². The lowest BCUT2D eigenvalue weighted by molar-refractivity contribution is -0.140. The molecule has 190 valence electrons. The number of carbonyl (C=O) groups excluding carboxylic acids is 2. The van der Waals surface area contributed by atoms with E-state index in [1.807, 2.05) is 30.3 Å². The number of aliphatic hydroxyl groups is 1. The Labute approximate surface area is 214 Å². The van der Waals surface area contributed by atoms with Crippen LogP contribution in [0.1, 0.15) is 22.7 Å². The fourth-order valence-electron chi connectivity index (χ4n) is 4.48. The molecule has 8 heteroatoms. The summed E-state index contributed by atoms with van der Waals surface area (Å²) >= 11 is 0. The third-order valence-corrected chi connectivity index (χ3v) is 6.34. The molecule has 37 heavy (non-hydrogen) atoms. The average molecular weight is 502 g/mol. The number of rotatable bonds is 8. The lowest BCUT2D eigenvalue weighted by Crippen LogP contribution is -2.32. The Morgan fingerprint density at radius 2 is 1.70 bits per heavy atom. The molecular formula is C29H27NO7. The lowest BCUT2D eigenvalue weighted by Gasteiger charge is -2.25. The van der Waals surface area contributed by atoms with Crippen LogP contribution in [0.25, 0.3) is 5.76 Å². The van der Waals surface area contributed by atoms with Gasteiger partial charge in [-0.05, 0) is 41.5 Å². The van der Waals surface area contributed by atoms with Crippen molar-refractivity contribution in [2.24, 2.45) is 0 Å². The number of hydrogen-bond acceptors (Lipinski definition) is 7. The number of ketones is 1. The molecule has 1 N–H and O–H groups in total. The van der Waals surface area contributed by atoms with Crippen molar-refractivity contribution in [2.45, 2.75) is 12.6 Å². The van der Waals surface area contributed by atoms with Crippen molar-refractivity contribution < 1.29 is 33.6 Å². The molecule has 2 heterocycles. The molecule has 8 nitrogen and oxygen atoms in total. The molecule has 3 aromatic carbocycles. The normalized spacial score (nSPS) is 18.2. The summed E-state index contributed by atoms with van der Waals surface area (Å²) in [7, 11) is 1.53. The number of methoxy groups -OCH3 is 1. The number of hydrogen-bond donors (Lipinski definition) is 1. The third kappa shape index (κ3) is 5.01. The van der Waals surface area contributed by atoms with Crippen LogP contribution in [0.4, 0.5) is 0 Å². The molecule has 0 aliphatic carbocycles. The van der Waals surface area contributed by atoms with Gasteiger partial charge in [0.25, 0.3) is 11.7 Å². The minimum absolute atomic E-state index is 0.00994. The zero-order chi connectivity index (χ0) is 25.8. The largest absolute Gasteiger partial charge is 0.507 e. The summed E-state index contributed by atoms with van der Waals surface area (Å²) in [5.41, 5.74) is 2.08. The Bertz CT molecular complexity index is 1320. The van der Waals surface area contributed by atoms with Crippen molar-refractivity contribution in [1.29, 1.82) is 0 Å². The lowest BCUT2D eigenvalue weighted by atomic mass is 9.95. The van der Waals surface area contributed by atoms with Crippen LogP contribution in [-0.4, -0.2) is 55.2 Å². The second-order valence-corrected chi connectivity index (χ2v) is 8.69. The second kappa shape index (κ2) is 10.8. The van der Waals surface area contributed by atoms with Gasteiger partial charge in [0.2, 0.25) is 0 Å². The highest BCUT2D eigenvalue weighted by atomic mass is 16.6. The molecule has 2 aliphatic heterocycles. The zero-order valence-corrected chi connectivity index (χ0v) is 20.4. The minimum atomic E-state index is -0.786. The van der Waals surface area contributed by atoms with Gasteiger partial charge < -0.3 is 29.0 Å². The number of amides is 1. The molecule has 5 rings (SSSR count). The van der Waals surface area contributed by atoms with Gasteiger partial charge in [0.1, 0.15) is 31.3 Å². The van der Waals surface area contributed by atoms with Crippen molar-refractivity contribution in [3.63, 3.8) is 0 Å². The van der Waals surface area contributed by atoms with E-state index in [-0.39, 0.29) is 24.5 Å². The van der Waals surface area contributed by atoms with Gasteiger partial charge in [0, 0.05) is 19.2 Å². The Morgan fingerprint density at radius 3 is 2.43 bits per heavy atom. The fourth-order valence-corrected chi connectivity index (χ4v) is 4.48. The molecule has 0 spiro atoms. The van der Waals surface area contributed by atoms with Crippen molar-refractivity contribution in [3.05, 3.63) is 95.1 Å². The highest BCUT2D eigenvalue weighted by Gasteiger charge is 2.46. The number of nitrogens with zero attached hydrogens (tertiary/aromatic N) is 1. The first-order valence-electron chi connectivity index (χ1n) is 12.0. The van der Waals surface area contributed by atoms with Gasteiger partial charge in [0.05, 0.1) is 18.2 Å². The monoisotopic (exact) mass is 501 g/mol. The van der Waals surface area contributed by atoms with Crippen LogP contribution >= 0.6 is 0 Å². The van der Waals surface area contributed by atoms with Crippen molar-refractivity contribution in [3.8, 4) is 17.2 Å². The van der Waals surface area contributed by atoms with Crippen LogP contribution in [0.2, 0.25) is 0 Å². The number of likely N-dealkylation sites (tertiary alicyclic amines) is 1. The number of aliphatic hydroxyl groups excluding tert-OH is 1. The summed E-state index contributed by atoms with van der Waals surface area (Å²) in [6.07, 6.45) is 0. The Balaban J connectivity index is 1.48. The maximum atomic E-state index is 13.2. The Kier molecular flexibility index (Phi) is 7.09. The standard InChI is InChI=1S/C29H27NO7/c1-34-14-13-30-26(20-7-10-22(11-8-20)37-18-19-5-3-2-4-6-19)25(28(32)29(30)33)27(31)21-9-12-23-24(17-21)36-16-15-35-23/h2-12,17,26,31H,13-16,18H2,1H3/t26-/m1/s1. The predicted octanol–water partition coefficient (Wildman–Crippen LogP) is 4.10. The van der Waals surface area contributed by atoms with Gasteiger partial charge in [-0.1, -0.05) is 42.5 Å². The van der Waals surface area contributed by atoms with Gasteiger partial charge >= 0.3 is 0 Å². The maximum Gasteiger partial charge on any atom is 0.295 e. The Morgan fingerprint density at radius 1 is 0.973 bits per heavy atom. The van der Waals surface area contributed by atoms with Gasteiger partial charge in [-0.15, -0.1) is 0 Å². The van der Waals surface area contributed by atoms with Crippen molar-refractivity contribution in [2.75, 3.05) is 33.5 Å². The quantitative estimate of drug-likeness (QED) is 0.282. The van der Waals surface area contributed by atoms with Crippen LogP contribution in [0.3, 0.4) is 0 Å². The summed E-state index contributed by atoms with van der Waals surface area (Å²) < 4.78 is 22.2. The number of Topliss-reactive ketones (excluding diaryl/α,β-unsaturated/α-hetero) is 1. The van der Waals surface area contributed by atoms with Crippen molar-refractivity contribution in [1.82, 2.24) is 4.90 Å². The highest BCUT2D eigenvalue weighted by Crippen LogP contribution is 2.41. The van der Waals surface area contributed by atoms with Gasteiger partial charge in [0.15, 0.2) is 11.5 Å². The van der Waals surface area contributed by atoms with E-state index in [1.54, 1.807) is 42.5 Å². The molecule has 0 bridgehead atoms. The first kappa shape index (κ1) is 24.4. The van der Waals surface area contributed by atoms with Gasteiger partial charge in [-0.2, -0.15) is 0 Å². The summed E-state index contributed by atoms with van der Waals surface area (Å²) in [6, 6.07) is 21.1. The Hall–Kier alpha value is -4.30. The van der Waals surface area contributed by atoms with E-state index in [1.165, 1.54) is 12.0 Å². The van der Waals surface area contributed by atoms with Crippen LogP contribution < -0.4 is 14.2 Å². The summed E-state index contributed by atoms with van der Waals surface area (Å²) in [4.78, 5) is 27.6. The zero-order valence-electron chi connectivity index (χ0n) is 20.4. The molecule has 3 aromatic rings. The SMILES string of the molecule is COCCN1C(=O)C(=O)C(=C(O)c2ccc3c(c2)OCCO3)[C@H]1c1ccc(OCc2ccccc2)cc1. The first-order valence-corrected chi connectivity index (χ1v) is 12.0. The third-order valence-electron chi connectivity index (χ3n) is 6.34. The summed E-state index contributed by atoms with van der Waals surface area (Å²) in [6.45, 7) is 1.67. The van der Waals surface area contributed by atoms with E-state index in [9.17, 15) is 14.7 Å². The summed E-state index contributed by atoms with van der Waals surface area (Å²) in [5, 5.41) is 11.3. The number of fused-ring (bicyclic) bond motifs is 1. The fraction of sp³-hybridized carbons (Fsp3) is 0.241. The molecule has 0 radical (unpaired) electrons. The number of benzene rings is 3. The topological polar surface area (TPSA) is 94.5 Å². The highest BCUT2D eigenvalue weighted by molar-refractivity contribution is 6.46. The molecule has 0 unspecified atom stereocenters. The molecule has 1 amide bonds. The average Bonchev–Trinajstić information content (AvgIpc) is 3.20. The van der Waals surface area contributed by atoms with Crippen LogP contribution in [0, 0.1) is 0 Å². The molecule has 0 saturated carbocycles. The van der Waals surface area contributed by atoms with Crippen LogP contribution in [0.15, 0.2) is 78.4 Å². The second-order valence-electron chi connectivity index (χ2n) is 8.69. The molecular weight excluding hydrogens is 474 g/mol. The van der Waals surface area contributed by atoms with Gasteiger partial charge in [-0.3, -0.25) is 9.59 Å². The molecule has 1 fully saturated rings. The first-order chi connectivity index (χ1) is 18.1. The smallest absolute Gasteiger partial charge is 0.295 e. The summed E-state index contributed by atoms with van der Waals surface area (Å²) in [5.74, 6) is -0.0345. The molecule has 2 aliphatic rings. The van der Waals surface area contributed by atoms with E-state index in [0.29, 0.717) is 48.2 Å². The predicted molar refractivity (Wildman–Crippen MR) is 136 cm³/mol. The number of carbonyl (C=O) groups is 2. The van der Waals surface area contributed by atoms with Crippen LogP contribution in [0.5, 0.6) is 17.2 Å². The molecule has 1 atom stereocenters. The van der Waals surface area contributed by atoms with Gasteiger partial charge in [-0.25, -0.2) is 0 Å². The number of ether oxygens (including phenoxy) is 4. The van der Waals surface area contributed by atoms with Crippen molar-refractivity contribution >= 4 is 17.4 Å². The van der Waals surface area contributed by atoms with Crippen LogP contribution in [-0.2, 0) is 20.9 Å². The van der Waals surface area contributed by atoms with E-state index < -0.39 is 17.7 Å². The minimum Gasteiger partial charge on any atom is -0.507 e. The molecule has 1 saturated heterocycles. The van der Waals surface area contributed by atoms with E-state index >= 15 is 0 Å². The van der Waals surface area contributed by atoms with E-state index in [2.05, 4.69) is 0 Å². The maximum absolute atomic E-state index is 13.2. The molecule has 0 aromatic heterocycles.